The fourth-order valence-electron chi connectivity index (χ4n) is 3.55. The standard InChI is InChI=1S/C20H29N3S/c1-24-20-6-4-18(5-7-20)3-2-12-22-13-8-19(9-14-22)10-15-23-16-11-21-17-23/h4-7,11,16-17,19H,2-3,8-10,12-15H2,1H3. The molecule has 3 nitrogen and oxygen atoms in total. The molecule has 0 saturated carbocycles. The molecule has 0 unspecified atom stereocenters. The molecule has 1 fully saturated rings. The van der Waals surface area contributed by atoms with Gasteiger partial charge in [-0.05, 0) is 81.6 Å². The lowest BCUT2D eigenvalue weighted by Crippen LogP contribution is -2.34. The Bertz CT molecular complexity index is 571. The molecule has 0 radical (unpaired) electrons. The molecular formula is C20H29N3S. The largest absolute Gasteiger partial charge is 0.337 e. The van der Waals surface area contributed by atoms with Crippen LogP contribution in [0.15, 0.2) is 47.9 Å². The SMILES string of the molecule is CSc1ccc(CCCN2CCC(CCn3ccnc3)CC2)cc1. The highest BCUT2D eigenvalue weighted by atomic mass is 32.2. The van der Waals surface area contributed by atoms with Crippen molar-refractivity contribution in [1.82, 2.24) is 14.5 Å². The molecule has 130 valence electrons. The van der Waals surface area contributed by atoms with Crippen LogP contribution in [0.2, 0.25) is 0 Å². The number of hydrogen-bond donors (Lipinski definition) is 0. The van der Waals surface area contributed by atoms with E-state index in [0.717, 1.165) is 12.5 Å². The second-order valence-electron chi connectivity index (χ2n) is 6.83. The highest BCUT2D eigenvalue weighted by Crippen LogP contribution is 2.21. The average Bonchev–Trinajstić information content (AvgIpc) is 3.15. The molecule has 1 aromatic heterocycles. The molecule has 4 heteroatoms. The van der Waals surface area contributed by atoms with Gasteiger partial charge in [0, 0.05) is 23.8 Å². The summed E-state index contributed by atoms with van der Waals surface area (Å²) in [6.45, 7) is 4.93. The Morgan fingerprint density at radius 1 is 1.12 bits per heavy atom. The van der Waals surface area contributed by atoms with Gasteiger partial charge < -0.3 is 9.47 Å². The van der Waals surface area contributed by atoms with Crippen LogP contribution < -0.4 is 0 Å². The first-order chi connectivity index (χ1) is 11.8. The average molecular weight is 344 g/mol. The van der Waals surface area contributed by atoms with E-state index in [4.69, 9.17) is 0 Å². The van der Waals surface area contributed by atoms with E-state index in [9.17, 15) is 0 Å². The van der Waals surface area contributed by atoms with Crippen LogP contribution in [0.25, 0.3) is 0 Å². The molecule has 1 saturated heterocycles. The van der Waals surface area contributed by atoms with Gasteiger partial charge in [-0.3, -0.25) is 0 Å². The Morgan fingerprint density at radius 3 is 2.58 bits per heavy atom. The molecule has 0 bridgehead atoms. The van der Waals surface area contributed by atoms with Gasteiger partial charge in [-0.1, -0.05) is 12.1 Å². The third-order valence-corrected chi connectivity index (χ3v) is 5.90. The van der Waals surface area contributed by atoms with E-state index in [2.05, 4.69) is 51.2 Å². The summed E-state index contributed by atoms with van der Waals surface area (Å²) in [5.74, 6) is 0.891. The lowest BCUT2D eigenvalue weighted by atomic mass is 9.93. The normalized spacial score (nSPS) is 16.5. The molecule has 0 amide bonds. The summed E-state index contributed by atoms with van der Waals surface area (Å²) in [6.07, 6.45) is 14.5. The molecule has 0 atom stereocenters. The minimum Gasteiger partial charge on any atom is -0.337 e. The number of piperidine rings is 1. The zero-order chi connectivity index (χ0) is 16.6. The van der Waals surface area contributed by atoms with Gasteiger partial charge in [-0.2, -0.15) is 0 Å². The number of benzene rings is 1. The first-order valence-corrected chi connectivity index (χ1v) is 10.4. The minimum absolute atomic E-state index is 0.891. The van der Waals surface area contributed by atoms with Gasteiger partial charge in [0.1, 0.15) is 0 Å². The molecule has 3 rings (SSSR count). The van der Waals surface area contributed by atoms with E-state index < -0.39 is 0 Å². The van der Waals surface area contributed by atoms with Gasteiger partial charge in [0.25, 0.3) is 0 Å². The number of aromatic nitrogens is 2. The summed E-state index contributed by atoms with van der Waals surface area (Å²) in [7, 11) is 0. The van der Waals surface area contributed by atoms with Gasteiger partial charge in [0.2, 0.25) is 0 Å². The Kier molecular flexibility index (Phi) is 6.79. The second-order valence-corrected chi connectivity index (χ2v) is 7.71. The summed E-state index contributed by atoms with van der Waals surface area (Å²) in [5, 5.41) is 0. The molecule has 2 heterocycles. The van der Waals surface area contributed by atoms with Crippen molar-refractivity contribution >= 4 is 11.8 Å². The third kappa shape index (κ3) is 5.38. The van der Waals surface area contributed by atoms with Crippen LogP contribution in [0.5, 0.6) is 0 Å². The summed E-state index contributed by atoms with van der Waals surface area (Å²) < 4.78 is 2.20. The lowest BCUT2D eigenvalue weighted by molar-refractivity contribution is 0.174. The molecule has 0 spiro atoms. The number of hydrogen-bond acceptors (Lipinski definition) is 3. The van der Waals surface area contributed by atoms with Crippen LogP contribution in [0.1, 0.15) is 31.2 Å². The number of likely N-dealkylation sites (tertiary alicyclic amines) is 1. The molecule has 0 aliphatic carbocycles. The number of rotatable bonds is 8. The van der Waals surface area contributed by atoms with Crippen molar-refractivity contribution in [3.05, 3.63) is 48.5 Å². The fraction of sp³-hybridized carbons (Fsp3) is 0.550. The van der Waals surface area contributed by atoms with Crippen LogP contribution in [0.3, 0.4) is 0 Å². The van der Waals surface area contributed by atoms with Gasteiger partial charge in [0.05, 0.1) is 6.33 Å². The smallest absolute Gasteiger partial charge is 0.0945 e. The van der Waals surface area contributed by atoms with Gasteiger partial charge >= 0.3 is 0 Å². The van der Waals surface area contributed by atoms with Crippen molar-refractivity contribution in [2.45, 2.75) is 43.5 Å². The van der Waals surface area contributed by atoms with E-state index in [1.54, 1.807) is 0 Å². The zero-order valence-corrected chi connectivity index (χ0v) is 15.5. The van der Waals surface area contributed by atoms with Crippen molar-refractivity contribution in [3.63, 3.8) is 0 Å². The number of nitrogens with zero attached hydrogens (tertiary/aromatic N) is 3. The first-order valence-electron chi connectivity index (χ1n) is 9.14. The highest BCUT2D eigenvalue weighted by Gasteiger charge is 2.18. The predicted octanol–water partition coefficient (Wildman–Crippen LogP) is 4.34. The molecule has 2 aromatic rings. The van der Waals surface area contributed by atoms with Crippen molar-refractivity contribution < 1.29 is 0 Å². The molecule has 0 N–H and O–H groups in total. The van der Waals surface area contributed by atoms with Gasteiger partial charge in [-0.15, -0.1) is 11.8 Å². The van der Waals surface area contributed by atoms with E-state index >= 15 is 0 Å². The Balaban J connectivity index is 1.30. The maximum absolute atomic E-state index is 4.12. The Labute approximate surface area is 150 Å². The second kappa shape index (κ2) is 9.28. The minimum atomic E-state index is 0.891. The van der Waals surface area contributed by atoms with Crippen molar-refractivity contribution in [1.29, 1.82) is 0 Å². The van der Waals surface area contributed by atoms with Crippen LogP contribution >= 0.6 is 11.8 Å². The van der Waals surface area contributed by atoms with Gasteiger partial charge in [-0.25, -0.2) is 4.98 Å². The van der Waals surface area contributed by atoms with E-state index in [1.807, 2.05) is 24.3 Å². The number of imidazole rings is 1. The van der Waals surface area contributed by atoms with Gasteiger partial charge in [0.15, 0.2) is 0 Å². The number of thioether (sulfide) groups is 1. The van der Waals surface area contributed by atoms with Crippen LogP contribution in [0, 0.1) is 5.92 Å². The van der Waals surface area contributed by atoms with Crippen LogP contribution in [-0.2, 0) is 13.0 Å². The van der Waals surface area contributed by atoms with Crippen molar-refractivity contribution in [2.24, 2.45) is 5.92 Å². The van der Waals surface area contributed by atoms with Crippen molar-refractivity contribution in [3.8, 4) is 0 Å². The topological polar surface area (TPSA) is 21.1 Å². The molecular weight excluding hydrogens is 314 g/mol. The third-order valence-electron chi connectivity index (χ3n) is 5.16. The Hall–Kier alpha value is -1.26. The summed E-state index contributed by atoms with van der Waals surface area (Å²) in [5.41, 5.74) is 1.48. The maximum atomic E-state index is 4.12. The molecule has 1 aliphatic rings. The monoisotopic (exact) mass is 343 g/mol. The zero-order valence-electron chi connectivity index (χ0n) is 14.7. The Morgan fingerprint density at radius 2 is 1.92 bits per heavy atom. The van der Waals surface area contributed by atoms with Crippen LogP contribution in [0.4, 0.5) is 0 Å². The van der Waals surface area contributed by atoms with E-state index in [1.165, 1.54) is 62.2 Å². The highest BCUT2D eigenvalue weighted by molar-refractivity contribution is 7.98. The first kappa shape index (κ1) is 17.6. The fourth-order valence-corrected chi connectivity index (χ4v) is 3.96. The number of aryl methyl sites for hydroxylation is 2. The molecule has 1 aromatic carbocycles. The quantitative estimate of drug-likeness (QED) is 0.665. The van der Waals surface area contributed by atoms with E-state index in [0.29, 0.717) is 0 Å². The van der Waals surface area contributed by atoms with Crippen molar-refractivity contribution in [2.75, 3.05) is 25.9 Å². The molecule has 1 aliphatic heterocycles. The molecule has 24 heavy (non-hydrogen) atoms. The summed E-state index contributed by atoms with van der Waals surface area (Å²) >= 11 is 1.81. The van der Waals surface area contributed by atoms with E-state index in [-0.39, 0.29) is 0 Å². The summed E-state index contributed by atoms with van der Waals surface area (Å²) in [4.78, 5) is 8.13. The maximum Gasteiger partial charge on any atom is 0.0945 e. The summed E-state index contributed by atoms with van der Waals surface area (Å²) in [6, 6.07) is 9.06. The predicted molar refractivity (Wildman–Crippen MR) is 103 cm³/mol. The lowest BCUT2D eigenvalue weighted by Gasteiger charge is -2.32. The van der Waals surface area contributed by atoms with Crippen LogP contribution in [-0.4, -0.2) is 40.3 Å².